The first kappa shape index (κ1) is 11.9. The minimum atomic E-state index is 0.0361. The molecule has 0 radical (unpaired) electrons. The van der Waals surface area contributed by atoms with Gasteiger partial charge in [0.15, 0.2) is 0 Å². The van der Waals surface area contributed by atoms with Crippen LogP contribution >= 0.6 is 0 Å². The first-order valence-electron chi connectivity index (χ1n) is 6.96. The minimum Gasteiger partial charge on any atom is -0.379 e. The molecule has 1 N–H and O–H groups in total. The van der Waals surface area contributed by atoms with E-state index in [4.69, 9.17) is 4.74 Å². The van der Waals surface area contributed by atoms with E-state index >= 15 is 0 Å². The third-order valence-electron chi connectivity index (χ3n) is 4.01. The Balaban J connectivity index is 1.87. The highest BCUT2D eigenvalue weighted by atomic mass is 16.5. The van der Waals surface area contributed by atoms with Crippen LogP contribution in [-0.4, -0.2) is 28.7 Å². The second kappa shape index (κ2) is 4.84. The number of hydrogen-bond donors (Lipinski definition) is 1. The molecule has 98 valence electrons. The van der Waals surface area contributed by atoms with Gasteiger partial charge in [0, 0.05) is 17.9 Å². The summed E-state index contributed by atoms with van der Waals surface area (Å²) in [5.74, 6) is 1.04. The fourth-order valence-corrected chi connectivity index (χ4v) is 2.86. The van der Waals surface area contributed by atoms with Crippen molar-refractivity contribution in [2.24, 2.45) is 0 Å². The van der Waals surface area contributed by atoms with Crippen molar-refractivity contribution in [2.45, 2.75) is 51.0 Å². The summed E-state index contributed by atoms with van der Waals surface area (Å²) in [4.78, 5) is 8.92. The zero-order valence-electron chi connectivity index (χ0n) is 11.0. The standard InChI is InChI=1S/C14H21N3O/c1-14(7-8-18-9-14)17-13-11-5-3-2-4-6-12(11)15-10-16-13/h10H,2-9H2,1H3,(H,15,16,17). The van der Waals surface area contributed by atoms with Gasteiger partial charge in [-0.2, -0.15) is 0 Å². The Morgan fingerprint density at radius 1 is 1.22 bits per heavy atom. The van der Waals surface area contributed by atoms with Crippen LogP contribution in [0.5, 0.6) is 0 Å². The highest BCUT2D eigenvalue weighted by Gasteiger charge is 2.31. The van der Waals surface area contributed by atoms with Crippen LogP contribution in [0.1, 0.15) is 43.9 Å². The summed E-state index contributed by atoms with van der Waals surface area (Å²) in [6.45, 7) is 3.83. The highest BCUT2D eigenvalue weighted by Crippen LogP contribution is 2.28. The number of ether oxygens (including phenoxy) is 1. The van der Waals surface area contributed by atoms with Crippen molar-refractivity contribution < 1.29 is 4.74 Å². The van der Waals surface area contributed by atoms with Gasteiger partial charge in [-0.1, -0.05) is 6.42 Å². The van der Waals surface area contributed by atoms with Gasteiger partial charge >= 0.3 is 0 Å². The number of anilines is 1. The van der Waals surface area contributed by atoms with E-state index in [2.05, 4.69) is 22.2 Å². The summed E-state index contributed by atoms with van der Waals surface area (Å²) in [6, 6.07) is 0. The Hall–Kier alpha value is -1.16. The van der Waals surface area contributed by atoms with Gasteiger partial charge in [0.2, 0.25) is 0 Å². The zero-order valence-corrected chi connectivity index (χ0v) is 11.0. The molecule has 1 aromatic rings. The Bertz CT molecular complexity index is 427. The maximum absolute atomic E-state index is 5.50. The lowest BCUT2D eigenvalue weighted by Crippen LogP contribution is -2.36. The second-order valence-corrected chi connectivity index (χ2v) is 5.70. The predicted molar refractivity (Wildman–Crippen MR) is 70.8 cm³/mol. The summed E-state index contributed by atoms with van der Waals surface area (Å²) >= 11 is 0. The van der Waals surface area contributed by atoms with Crippen molar-refractivity contribution in [1.82, 2.24) is 9.97 Å². The molecule has 4 nitrogen and oxygen atoms in total. The number of nitrogens with zero attached hydrogens (tertiary/aromatic N) is 2. The first-order chi connectivity index (χ1) is 8.77. The van der Waals surface area contributed by atoms with Crippen LogP contribution in [0.25, 0.3) is 0 Å². The fraction of sp³-hybridized carbons (Fsp3) is 0.714. The Kier molecular flexibility index (Phi) is 3.20. The summed E-state index contributed by atoms with van der Waals surface area (Å²) in [5.41, 5.74) is 2.62. The molecule has 0 aromatic carbocycles. The maximum atomic E-state index is 5.50. The molecule has 1 unspecified atom stereocenters. The average molecular weight is 247 g/mol. The molecule has 1 aliphatic carbocycles. The molecule has 0 bridgehead atoms. The van der Waals surface area contributed by atoms with Crippen molar-refractivity contribution in [1.29, 1.82) is 0 Å². The van der Waals surface area contributed by atoms with Crippen molar-refractivity contribution in [2.75, 3.05) is 18.5 Å². The van der Waals surface area contributed by atoms with E-state index in [1.54, 1.807) is 6.33 Å². The van der Waals surface area contributed by atoms with E-state index in [-0.39, 0.29) is 5.54 Å². The summed E-state index contributed by atoms with van der Waals surface area (Å²) < 4.78 is 5.50. The SMILES string of the molecule is CC1(Nc2ncnc3c2CCCCC3)CCOC1. The lowest BCUT2D eigenvalue weighted by atomic mass is 10.0. The van der Waals surface area contributed by atoms with Gasteiger partial charge in [-0.3, -0.25) is 0 Å². The molecule has 1 aliphatic heterocycles. The van der Waals surface area contributed by atoms with E-state index < -0.39 is 0 Å². The first-order valence-corrected chi connectivity index (χ1v) is 6.96. The van der Waals surface area contributed by atoms with E-state index in [9.17, 15) is 0 Å². The van der Waals surface area contributed by atoms with Gasteiger partial charge < -0.3 is 10.1 Å². The van der Waals surface area contributed by atoms with Crippen LogP contribution in [0.2, 0.25) is 0 Å². The van der Waals surface area contributed by atoms with Gasteiger partial charge in [-0.15, -0.1) is 0 Å². The van der Waals surface area contributed by atoms with Crippen molar-refractivity contribution in [3.63, 3.8) is 0 Å². The molecule has 0 amide bonds. The summed E-state index contributed by atoms with van der Waals surface area (Å²) in [6.07, 6.45) is 8.76. The molecule has 2 aliphatic rings. The van der Waals surface area contributed by atoms with Crippen molar-refractivity contribution in [3.05, 3.63) is 17.6 Å². The van der Waals surface area contributed by atoms with Gasteiger partial charge in [0.1, 0.15) is 12.1 Å². The Morgan fingerprint density at radius 2 is 2.11 bits per heavy atom. The highest BCUT2D eigenvalue weighted by molar-refractivity contribution is 5.48. The topological polar surface area (TPSA) is 47.0 Å². The smallest absolute Gasteiger partial charge is 0.133 e. The Morgan fingerprint density at radius 3 is 2.94 bits per heavy atom. The molecule has 18 heavy (non-hydrogen) atoms. The van der Waals surface area contributed by atoms with E-state index in [0.29, 0.717) is 0 Å². The number of rotatable bonds is 2. The van der Waals surface area contributed by atoms with Crippen LogP contribution < -0.4 is 5.32 Å². The molecule has 0 spiro atoms. The van der Waals surface area contributed by atoms with Gasteiger partial charge in [0.25, 0.3) is 0 Å². The van der Waals surface area contributed by atoms with Crippen molar-refractivity contribution in [3.8, 4) is 0 Å². The normalized spacial score (nSPS) is 27.6. The monoisotopic (exact) mass is 247 g/mol. The third kappa shape index (κ3) is 2.34. The largest absolute Gasteiger partial charge is 0.379 e. The molecule has 4 heteroatoms. The molecule has 1 fully saturated rings. The fourth-order valence-electron chi connectivity index (χ4n) is 2.86. The molecule has 1 atom stereocenters. The van der Waals surface area contributed by atoms with Gasteiger partial charge in [0.05, 0.1) is 12.1 Å². The third-order valence-corrected chi connectivity index (χ3v) is 4.01. The summed E-state index contributed by atoms with van der Waals surface area (Å²) in [7, 11) is 0. The van der Waals surface area contributed by atoms with E-state index in [1.807, 2.05) is 0 Å². The lowest BCUT2D eigenvalue weighted by Gasteiger charge is -2.26. The van der Waals surface area contributed by atoms with Crippen LogP contribution in [-0.2, 0) is 17.6 Å². The maximum Gasteiger partial charge on any atom is 0.133 e. The number of nitrogens with one attached hydrogen (secondary N) is 1. The number of aryl methyl sites for hydroxylation is 1. The average Bonchev–Trinajstić information content (AvgIpc) is 2.65. The van der Waals surface area contributed by atoms with Gasteiger partial charge in [-0.05, 0) is 39.0 Å². The molecule has 2 heterocycles. The number of fused-ring (bicyclic) bond motifs is 1. The second-order valence-electron chi connectivity index (χ2n) is 5.70. The number of hydrogen-bond acceptors (Lipinski definition) is 4. The molecule has 1 aromatic heterocycles. The van der Waals surface area contributed by atoms with E-state index in [1.165, 1.54) is 30.5 Å². The molecule has 1 saturated heterocycles. The minimum absolute atomic E-state index is 0.0361. The Labute approximate surface area is 108 Å². The predicted octanol–water partition coefficient (Wildman–Crippen LogP) is 2.34. The van der Waals surface area contributed by atoms with Crippen molar-refractivity contribution >= 4 is 5.82 Å². The van der Waals surface area contributed by atoms with Crippen LogP contribution in [0, 0.1) is 0 Å². The molecular weight excluding hydrogens is 226 g/mol. The summed E-state index contributed by atoms with van der Waals surface area (Å²) in [5, 5.41) is 3.60. The van der Waals surface area contributed by atoms with Gasteiger partial charge in [-0.25, -0.2) is 9.97 Å². The molecular formula is C14H21N3O. The van der Waals surface area contributed by atoms with Crippen LogP contribution in [0.15, 0.2) is 6.33 Å². The lowest BCUT2D eigenvalue weighted by molar-refractivity contribution is 0.185. The zero-order chi connectivity index (χ0) is 12.4. The molecule has 3 rings (SSSR count). The van der Waals surface area contributed by atoms with E-state index in [0.717, 1.165) is 38.3 Å². The van der Waals surface area contributed by atoms with Crippen LogP contribution in [0.4, 0.5) is 5.82 Å². The number of aromatic nitrogens is 2. The quantitative estimate of drug-likeness (QED) is 0.815. The van der Waals surface area contributed by atoms with Crippen LogP contribution in [0.3, 0.4) is 0 Å². The molecule has 0 saturated carbocycles.